The van der Waals surface area contributed by atoms with Crippen LogP contribution in [0.2, 0.25) is 5.02 Å². The van der Waals surface area contributed by atoms with Crippen molar-refractivity contribution in [1.29, 1.82) is 0 Å². The lowest BCUT2D eigenvalue weighted by atomic mass is 10.1. The predicted molar refractivity (Wildman–Crippen MR) is 119 cm³/mol. The SMILES string of the molecule is CCOc1cc(C2NC(C(=O)O)CS2)cc(Cl)c1OCCOc1ccc(C)c(C)c1. The fraction of sp³-hybridized carbons (Fsp3) is 0.409. The molecule has 8 heteroatoms. The lowest BCUT2D eigenvalue weighted by Crippen LogP contribution is -2.33. The summed E-state index contributed by atoms with van der Waals surface area (Å²) in [5.41, 5.74) is 3.25. The molecule has 2 aromatic carbocycles. The quantitative estimate of drug-likeness (QED) is 0.539. The summed E-state index contributed by atoms with van der Waals surface area (Å²) in [7, 11) is 0. The van der Waals surface area contributed by atoms with Crippen LogP contribution in [0, 0.1) is 13.8 Å². The third-order valence-corrected chi connectivity index (χ3v) is 6.34. The van der Waals surface area contributed by atoms with E-state index in [1.165, 1.54) is 22.9 Å². The molecule has 2 atom stereocenters. The second-order valence-corrected chi connectivity index (χ2v) is 8.52. The molecule has 30 heavy (non-hydrogen) atoms. The maximum absolute atomic E-state index is 11.2. The number of ether oxygens (including phenoxy) is 3. The van der Waals surface area contributed by atoms with E-state index in [2.05, 4.69) is 12.2 Å². The van der Waals surface area contributed by atoms with Crippen LogP contribution in [0.1, 0.15) is 29.0 Å². The van der Waals surface area contributed by atoms with Gasteiger partial charge in [0.25, 0.3) is 0 Å². The van der Waals surface area contributed by atoms with Gasteiger partial charge in [0.15, 0.2) is 11.5 Å². The smallest absolute Gasteiger partial charge is 0.321 e. The van der Waals surface area contributed by atoms with Crippen molar-refractivity contribution in [3.63, 3.8) is 0 Å². The zero-order chi connectivity index (χ0) is 21.7. The topological polar surface area (TPSA) is 77.0 Å². The van der Waals surface area contributed by atoms with Crippen molar-refractivity contribution in [2.75, 3.05) is 25.6 Å². The van der Waals surface area contributed by atoms with E-state index in [1.807, 2.05) is 38.1 Å². The maximum atomic E-state index is 11.2. The normalized spacial score (nSPS) is 18.3. The highest BCUT2D eigenvalue weighted by Crippen LogP contribution is 2.42. The molecular weight excluding hydrogens is 426 g/mol. The molecule has 0 bridgehead atoms. The molecule has 0 aromatic heterocycles. The number of aliphatic carboxylic acids is 1. The lowest BCUT2D eigenvalue weighted by molar-refractivity contribution is -0.138. The molecule has 1 aliphatic rings. The van der Waals surface area contributed by atoms with Gasteiger partial charge in [-0.25, -0.2) is 0 Å². The van der Waals surface area contributed by atoms with Crippen molar-refractivity contribution in [2.45, 2.75) is 32.2 Å². The molecule has 0 saturated carbocycles. The molecule has 1 heterocycles. The summed E-state index contributed by atoms with van der Waals surface area (Å²) in [4.78, 5) is 11.2. The first-order valence-corrected chi connectivity index (χ1v) is 11.2. The number of carboxylic acids is 1. The highest BCUT2D eigenvalue weighted by Gasteiger charge is 2.31. The van der Waals surface area contributed by atoms with E-state index < -0.39 is 12.0 Å². The van der Waals surface area contributed by atoms with Crippen molar-refractivity contribution < 1.29 is 24.1 Å². The van der Waals surface area contributed by atoms with E-state index in [0.717, 1.165) is 11.3 Å². The van der Waals surface area contributed by atoms with Gasteiger partial charge in [-0.1, -0.05) is 17.7 Å². The molecule has 2 N–H and O–H groups in total. The van der Waals surface area contributed by atoms with Crippen molar-refractivity contribution in [2.24, 2.45) is 0 Å². The molecule has 2 unspecified atom stereocenters. The number of halogens is 1. The van der Waals surface area contributed by atoms with E-state index in [0.29, 0.717) is 42.1 Å². The molecule has 3 rings (SSSR count). The van der Waals surface area contributed by atoms with E-state index in [4.69, 9.17) is 25.8 Å². The number of thioether (sulfide) groups is 1. The van der Waals surface area contributed by atoms with Crippen LogP contribution in [0.15, 0.2) is 30.3 Å². The van der Waals surface area contributed by atoms with Gasteiger partial charge in [0.05, 0.1) is 17.0 Å². The summed E-state index contributed by atoms with van der Waals surface area (Å²) in [6.07, 6.45) is 0. The highest BCUT2D eigenvalue weighted by molar-refractivity contribution is 7.99. The molecule has 0 spiro atoms. The Morgan fingerprint density at radius 3 is 2.60 bits per heavy atom. The minimum atomic E-state index is -0.857. The summed E-state index contributed by atoms with van der Waals surface area (Å²) >= 11 is 8.01. The number of carbonyl (C=O) groups is 1. The van der Waals surface area contributed by atoms with Crippen LogP contribution in [0.3, 0.4) is 0 Å². The Kier molecular flexibility index (Phi) is 7.75. The van der Waals surface area contributed by atoms with Crippen LogP contribution < -0.4 is 19.5 Å². The Hall–Kier alpha value is -2.09. The first kappa shape index (κ1) is 22.6. The average molecular weight is 452 g/mol. The average Bonchev–Trinajstić information content (AvgIpc) is 3.20. The first-order chi connectivity index (χ1) is 14.4. The second-order valence-electron chi connectivity index (χ2n) is 6.98. The monoisotopic (exact) mass is 451 g/mol. The lowest BCUT2D eigenvalue weighted by Gasteiger charge is -2.18. The minimum absolute atomic E-state index is 0.162. The Labute approximate surface area is 185 Å². The van der Waals surface area contributed by atoms with Crippen molar-refractivity contribution in [3.8, 4) is 17.2 Å². The van der Waals surface area contributed by atoms with Gasteiger partial charge in [-0.05, 0) is 61.7 Å². The van der Waals surface area contributed by atoms with Crippen LogP contribution in [0.25, 0.3) is 0 Å². The van der Waals surface area contributed by atoms with E-state index >= 15 is 0 Å². The molecule has 1 fully saturated rings. The molecule has 0 radical (unpaired) electrons. The minimum Gasteiger partial charge on any atom is -0.490 e. The van der Waals surface area contributed by atoms with Gasteiger partial charge in [-0.3, -0.25) is 10.1 Å². The van der Waals surface area contributed by atoms with Crippen molar-refractivity contribution >= 4 is 29.3 Å². The Morgan fingerprint density at radius 2 is 1.93 bits per heavy atom. The fourth-order valence-electron chi connectivity index (χ4n) is 3.06. The first-order valence-electron chi connectivity index (χ1n) is 9.78. The molecule has 162 valence electrons. The third kappa shape index (κ3) is 5.53. The van der Waals surface area contributed by atoms with Crippen molar-refractivity contribution in [1.82, 2.24) is 5.32 Å². The number of hydrogen-bond donors (Lipinski definition) is 2. The standard InChI is InChI=1S/C22H26ClNO5S/c1-4-27-19-11-15(21-24-18(12-30-21)22(25)26)10-17(23)20(19)29-8-7-28-16-6-5-13(2)14(3)9-16/h5-6,9-11,18,21,24H,4,7-8,12H2,1-3H3,(H,25,26). The Morgan fingerprint density at radius 1 is 1.17 bits per heavy atom. The second kappa shape index (κ2) is 10.3. The molecule has 2 aromatic rings. The molecule has 0 amide bonds. The van der Waals surface area contributed by atoms with Gasteiger partial charge in [0, 0.05) is 5.75 Å². The third-order valence-electron chi connectivity index (χ3n) is 4.79. The van der Waals surface area contributed by atoms with Gasteiger partial charge >= 0.3 is 5.97 Å². The predicted octanol–water partition coefficient (Wildman–Crippen LogP) is 4.60. The summed E-state index contributed by atoms with van der Waals surface area (Å²) in [6, 6.07) is 9.03. The molecular formula is C22H26ClNO5S. The zero-order valence-electron chi connectivity index (χ0n) is 17.2. The van der Waals surface area contributed by atoms with Gasteiger partial charge in [-0.15, -0.1) is 11.8 Å². The van der Waals surface area contributed by atoms with Crippen LogP contribution in [0.4, 0.5) is 0 Å². The number of nitrogens with one attached hydrogen (secondary N) is 1. The van der Waals surface area contributed by atoms with Crippen LogP contribution in [-0.2, 0) is 4.79 Å². The summed E-state index contributed by atoms with van der Waals surface area (Å²) in [5, 5.41) is 12.5. The number of rotatable bonds is 9. The van der Waals surface area contributed by atoms with Gasteiger partial charge in [0.1, 0.15) is 25.0 Å². The highest BCUT2D eigenvalue weighted by atomic mass is 35.5. The number of carboxylic acid groups (broad SMARTS) is 1. The Bertz CT molecular complexity index is 907. The summed E-state index contributed by atoms with van der Waals surface area (Å²) in [5.74, 6) is 1.43. The van der Waals surface area contributed by atoms with Gasteiger partial charge < -0.3 is 19.3 Å². The van der Waals surface area contributed by atoms with Gasteiger partial charge in [-0.2, -0.15) is 0 Å². The molecule has 1 aliphatic heterocycles. The molecule has 6 nitrogen and oxygen atoms in total. The zero-order valence-corrected chi connectivity index (χ0v) is 18.8. The van der Waals surface area contributed by atoms with Crippen molar-refractivity contribution in [3.05, 3.63) is 52.0 Å². The van der Waals surface area contributed by atoms with E-state index in [1.54, 1.807) is 6.07 Å². The van der Waals surface area contributed by atoms with Crippen LogP contribution >= 0.6 is 23.4 Å². The van der Waals surface area contributed by atoms with E-state index in [9.17, 15) is 9.90 Å². The van der Waals surface area contributed by atoms with Crippen LogP contribution in [0.5, 0.6) is 17.2 Å². The maximum Gasteiger partial charge on any atom is 0.321 e. The fourth-order valence-corrected chi connectivity index (χ4v) is 4.54. The number of benzene rings is 2. The van der Waals surface area contributed by atoms with Gasteiger partial charge in [0.2, 0.25) is 0 Å². The Balaban J connectivity index is 1.65. The molecule has 0 aliphatic carbocycles. The molecule has 1 saturated heterocycles. The number of aryl methyl sites for hydroxylation is 2. The summed E-state index contributed by atoms with van der Waals surface area (Å²) in [6.45, 7) is 7.12. The van der Waals surface area contributed by atoms with Crippen LogP contribution in [-0.4, -0.2) is 42.7 Å². The number of hydrogen-bond acceptors (Lipinski definition) is 6. The summed E-state index contributed by atoms with van der Waals surface area (Å²) < 4.78 is 17.4. The van der Waals surface area contributed by atoms with E-state index in [-0.39, 0.29) is 5.37 Å². The largest absolute Gasteiger partial charge is 0.490 e.